The van der Waals surface area contributed by atoms with Crippen molar-refractivity contribution in [3.63, 3.8) is 0 Å². The standard InChI is InChI=1S/C25H21F2N5O/c1-15-4-21-18(5-17(15)9-28)10-31(30-21)14-24-11-25(12-24,13-24)23(33)32-22(2-3-29-32)16-6-19(26)8-20(27)7-16/h3-8,10,22H,2,11-14H2,1H3. The molecule has 33 heavy (non-hydrogen) atoms. The van der Waals surface area contributed by atoms with Gasteiger partial charge in [-0.25, -0.2) is 13.8 Å². The summed E-state index contributed by atoms with van der Waals surface area (Å²) in [5.74, 6) is -1.37. The van der Waals surface area contributed by atoms with Gasteiger partial charge in [0.05, 0.1) is 28.6 Å². The van der Waals surface area contributed by atoms with Crippen LogP contribution in [0, 0.1) is 40.7 Å². The van der Waals surface area contributed by atoms with E-state index in [2.05, 4.69) is 16.3 Å². The van der Waals surface area contributed by atoms with Crippen LogP contribution >= 0.6 is 0 Å². The number of halogens is 2. The molecule has 8 heteroatoms. The Morgan fingerprint density at radius 1 is 1.18 bits per heavy atom. The second kappa shape index (κ2) is 6.70. The van der Waals surface area contributed by atoms with Gasteiger partial charge in [-0.1, -0.05) is 0 Å². The summed E-state index contributed by atoms with van der Waals surface area (Å²) in [7, 11) is 0. The van der Waals surface area contributed by atoms with E-state index in [1.165, 1.54) is 17.1 Å². The summed E-state index contributed by atoms with van der Waals surface area (Å²) in [5.41, 5.74) is 2.44. The largest absolute Gasteiger partial charge is 0.272 e. The first-order valence-corrected chi connectivity index (χ1v) is 11.0. The molecule has 1 amide bonds. The highest BCUT2D eigenvalue weighted by Crippen LogP contribution is 2.74. The van der Waals surface area contributed by atoms with Crippen molar-refractivity contribution in [1.29, 1.82) is 5.26 Å². The zero-order chi connectivity index (χ0) is 23.0. The Bertz CT molecular complexity index is 1360. The van der Waals surface area contributed by atoms with Gasteiger partial charge in [0.1, 0.15) is 11.6 Å². The van der Waals surface area contributed by atoms with Crippen LogP contribution < -0.4 is 0 Å². The molecule has 3 fully saturated rings. The Balaban J connectivity index is 1.17. The first kappa shape index (κ1) is 20.0. The second-order valence-electron chi connectivity index (χ2n) is 9.88. The lowest BCUT2D eigenvalue weighted by atomic mass is 9.34. The maximum Gasteiger partial charge on any atom is 0.249 e. The number of aryl methyl sites for hydroxylation is 1. The minimum atomic E-state index is -0.655. The molecule has 1 aromatic heterocycles. The number of benzene rings is 2. The molecule has 1 atom stereocenters. The number of amides is 1. The van der Waals surface area contributed by atoms with Gasteiger partial charge in [0.25, 0.3) is 0 Å². The van der Waals surface area contributed by atoms with E-state index in [0.717, 1.165) is 48.3 Å². The number of nitriles is 1. The summed E-state index contributed by atoms with van der Waals surface area (Å²) in [5, 5.41) is 20.5. The van der Waals surface area contributed by atoms with Crippen molar-refractivity contribution >= 4 is 23.0 Å². The first-order valence-electron chi connectivity index (χ1n) is 11.0. The lowest BCUT2D eigenvalue weighted by molar-refractivity contribution is -0.223. The fraction of sp³-hybridized carbons (Fsp3) is 0.360. The highest BCUT2D eigenvalue weighted by Gasteiger charge is 2.72. The average molecular weight is 445 g/mol. The Morgan fingerprint density at radius 2 is 1.91 bits per heavy atom. The fourth-order valence-corrected chi connectivity index (χ4v) is 6.06. The maximum absolute atomic E-state index is 13.7. The SMILES string of the molecule is Cc1cc2nn(CC34CC(C(=O)N5N=CCC5c5cc(F)cc(F)c5)(C3)C4)cc2cc1C#N. The average Bonchev–Trinajstić information content (AvgIpc) is 3.34. The smallest absolute Gasteiger partial charge is 0.249 e. The van der Waals surface area contributed by atoms with Crippen molar-refractivity contribution in [3.8, 4) is 6.07 Å². The van der Waals surface area contributed by atoms with Gasteiger partial charge in [-0.2, -0.15) is 15.5 Å². The zero-order valence-corrected chi connectivity index (χ0v) is 18.1. The van der Waals surface area contributed by atoms with Crippen molar-refractivity contribution in [3.05, 3.63) is 64.9 Å². The van der Waals surface area contributed by atoms with Crippen LogP contribution in [0.15, 0.2) is 41.6 Å². The van der Waals surface area contributed by atoms with E-state index in [-0.39, 0.29) is 11.3 Å². The Labute approximate surface area is 189 Å². The maximum atomic E-state index is 13.7. The predicted molar refractivity (Wildman–Crippen MR) is 117 cm³/mol. The molecule has 2 aromatic carbocycles. The van der Waals surface area contributed by atoms with E-state index in [1.807, 2.05) is 29.9 Å². The number of fused-ring (bicyclic) bond motifs is 1. The molecule has 0 N–H and O–H groups in total. The number of hydrogen-bond acceptors (Lipinski definition) is 4. The van der Waals surface area contributed by atoms with Crippen molar-refractivity contribution in [1.82, 2.24) is 14.8 Å². The number of rotatable bonds is 4. The molecule has 3 aliphatic carbocycles. The molecule has 166 valence electrons. The van der Waals surface area contributed by atoms with E-state index >= 15 is 0 Å². The number of hydrogen-bond donors (Lipinski definition) is 0. The third-order valence-corrected chi connectivity index (χ3v) is 7.42. The predicted octanol–water partition coefficient (Wildman–Crippen LogP) is 4.62. The molecule has 2 heterocycles. The summed E-state index contributed by atoms with van der Waals surface area (Å²) < 4.78 is 29.4. The third-order valence-electron chi connectivity index (χ3n) is 7.42. The van der Waals surface area contributed by atoms with Gasteiger partial charge in [0.15, 0.2) is 0 Å². The third kappa shape index (κ3) is 2.99. The fourth-order valence-electron chi connectivity index (χ4n) is 6.06. The first-order chi connectivity index (χ1) is 15.8. The van der Waals surface area contributed by atoms with E-state index in [1.54, 1.807) is 6.21 Å². The van der Waals surface area contributed by atoms with Gasteiger partial charge in [0, 0.05) is 36.8 Å². The van der Waals surface area contributed by atoms with Crippen molar-refractivity contribution in [2.24, 2.45) is 15.9 Å². The van der Waals surface area contributed by atoms with Crippen LogP contribution in [0.5, 0.6) is 0 Å². The van der Waals surface area contributed by atoms with Gasteiger partial charge in [-0.05, 0) is 67.0 Å². The molecule has 4 aliphatic rings. The van der Waals surface area contributed by atoms with Crippen LogP contribution in [0.3, 0.4) is 0 Å². The molecule has 0 spiro atoms. The molecule has 6 nitrogen and oxygen atoms in total. The normalized spacial score (nSPS) is 27.3. The summed E-state index contributed by atoms with van der Waals surface area (Å²) >= 11 is 0. The van der Waals surface area contributed by atoms with Gasteiger partial charge in [0.2, 0.25) is 5.91 Å². The minimum absolute atomic E-state index is 0.0364. The number of hydrazone groups is 1. The molecule has 3 saturated carbocycles. The van der Waals surface area contributed by atoms with Gasteiger partial charge in [-0.15, -0.1) is 0 Å². The van der Waals surface area contributed by atoms with Gasteiger partial charge in [-0.3, -0.25) is 9.48 Å². The van der Waals surface area contributed by atoms with E-state index < -0.39 is 23.1 Å². The molecule has 1 unspecified atom stereocenters. The number of carbonyl (C=O) groups is 1. The summed E-state index contributed by atoms with van der Waals surface area (Å²) in [6.07, 6.45) is 6.32. The lowest BCUT2D eigenvalue weighted by Gasteiger charge is -2.69. The Morgan fingerprint density at radius 3 is 2.61 bits per heavy atom. The van der Waals surface area contributed by atoms with Crippen LogP contribution in [-0.2, 0) is 11.3 Å². The second-order valence-corrected chi connectivity index (χ2v) is 9.88. The quantitative estimate of drug-likeness (QED) is 0.588. The van der Waals surface area contributed by atoms with Crippen molar-refractivity contribution in [2.75, 3.05) is 0 Å². The monoisotopic (exact) mass is 445 g/mol. The van der Waals surface area contributed by atoms with E-state index in [9.17, 15) is 18.8 Å². The topological polar surface area (TPSA) is 74.3 Å². The highest BCUT2D eigenvalue weighted by atomic mass is 19.1. The minimum Gasteiger partial charge on any atom is -0.272 e. The van der Waals surface area contributed by atoms with E-state index in [0.29, 0.717) is 17.5 Å². The molecule has 3 aromatic rings. The molecule has 0 radical (unpaired) electrons. The zero-order valence-electron chi connectivity index (χ0n) is 18.1. The Kier molecular flexibility index (Phi) is 4.07. The lowest BCUT2D eigenvalue weighted by Crippen LogP contribution is -2.68. The van der Waals surface area contributed by atoms with Crippen molar-refractivity contribution < 1.29 is 13.6 Å². The van der Waals surface area contributed by atoms with Crippen LogP contribution in [0.4, 0.5) is 8.78 Å². The van der Waals surface area contributed by atoms with Gasteiger partial charge >= 0.3 is 0 Å². The van der Waals surface area contributed by atoms with E-state index in [4.69, 9.17) is 0 Å². The molecule has 2 bridgehead atoms. The van der Waals surface area contributed by atoms with Crippen LogP contribution in [0.25, 0.3) is 10.9 Å². The number of aromatic nitrogens is 2. The number of nitrogens with zero attached hydrogens (tertiary/aromatic N) is 5. The number of carbonyl (C=O) groups excluding carboxylic acids is 1. The molecule has 1 aliphatic heterocycles. The summed E-state index contributed by atoms with van der Waals surface area (Å²) in [6.45, 7) is 2.62. The molecular formula is C25H21F2N5O. The highest BCUT2D eigenvalue weighted by molar-refractivity contribution is 5.88. The van der Waals surface area contributed by atoms with Crippen LogP contribution in [0.2, 0.25) is 0 Å². The molecule has 7 rings (SSSR count). The van der Waals surface area contributed by atoms with Crippen LogP contribution in [0.1, 0.15) is 48.4 Å². The van der Waals surface area contributed by atoms with Crippen LogP contribution in [-0.4, -0.2) is 26.9 Å². The molecular weight excluding hydrogens is 424 g/mol. The van der Waals surface area contributed by atoms with Gasteiger partial charge < -0.3 is 0 Å². The van der Waals surface area contributed by atoms with Crippen molar-refractivity contribution in [2.45, 2.75) is 45.2 Å². The summed E-state index contributed by atoms with van der Waals surface area (Å²) in [6, 6.07) is 8.90. The molecule has 0 saturated heterocycles. The summed E-state index contributed by atoms with van der Waals surface area (Å²) in [4.78, 5) is 13.4. The Hall–Kier alpha value is -3.60.